The van der Waals surface area contributed by atoms with Crippen LogP contribution in [0.5, 0.6) is 0 Å². The first-order chi connectivity index (χ1) is 20.4. The van der Waals surface area contributed by atoms with Gasteiger partial charge in [0, 0.05) is 13.1 Å². The molecule has 1 N–H and O–H groups in total. The van der Waals surface area contributed by atoms with Gasteiger partial charge in [0.2, 0.25) is 21.8 Å². The number of sulfonamides is 1. The summed E-state index contributed by atoms with van der Waals surface area (Å²) < 4.78 is 27.4. The number of nitrogens with one attached hydrogen (secondary N) is 1. The molecule has 0 saturated heterocycles. The van der Waals surface area contributed by atoms with Gasteiger partial charge in [-0.1, -0.05) is 62.7 Å². The molecule has 2 aromatic rings. The van der Waals surface area contributed by atoms with E-state index in [1.54, 1.807) is 4.90 Å². The van der Waals surface area contributed by atoms with Crippen molar-refractivity contribution in [3.63, 3.8) is 0 Å². The van der Waals surface area contributed by atoms with E-state index in [-0.39, 0.29) is 30.3 Å². The Hall–Kier alpha value is -2.87. The Kier molecular flexibility index (Phi) is 9.26. The molecule has 0 spiro atoms. The predicted octanol–water partition coefficient (Wildman–Crippen LogP) is 5.81. The highest BCUT2D eigenvalue weighted by molar-refractivity contribution is 7.92. The molecule has 2 amide bonds. The maximum Gasteiger partial charge on any atom is 0.244 e. The Bertz CT molecular complexity index is 1380. The summed E-state index contributed by atoms with van der Waals surface area (Å²) >= 11 is 0. The maximum absolute atomic E-state index is 14.0. The fraction of sp³-hybridized carbons (Fsp3) is 0.600. The van der Waals surface area contributed by atoms with Crippen LogP contribution in [0.2, 0.25) is 0 Å². The minimum Gasteiger partial charge on any atom is -0.354 e. The van der Waals surface area contributed by atoms with Gasteiger partial charge in [-0.25, -0.2) is 8.42 Å². The van der Waals surface area contributed by atoms with E-state index in [4.69, 9.17) is 0 Å². The van der Waals surface area contributed by atoms with Crippen molar-refractivity contribution in [3.8, 4) is 0 Å². The molecule has 6 rings (SSSR count). The third-order valence-corrected chi connectivity index (χ3v) is 11.1. The fourth-order valence-electron chi connectivity index (χ4n) is 8.41. The molecule has 8 heteroatoms. The van der Waals surface area contributed by atoms with Crippen molar-refractivity contribution in [3.05, 3.63) is 65.2 Å². The van der Waals surface area contributed by atoms with Crippen molar-refractivity contribution in [1.82, 2.24) is 10.2 Å². The van der Waals surface area contributed by atoms with Crippen LogP contribution in [0.15, 0.2) is 48.5 Å². The van der Waals surface area contributed by atoms with Crippen molar-refractivity contribution in [2.75, 3.05) is 23.7 Å². The third-order valence-electron chi connectivity index (χ3n) is 9.99. The zero-order valence-corrected chi connectivity index (χ0v) is 27.3. The molecule has 4 saturated carbocycles. The van der Waals surface area contributed by atoms with Gasteiger partial charge in [0.25, 0.3) is 0 Å². The lowest BCUT2D eigenvalue weighted by molar-refractivity contribution is -0.140. The van der Waals surface area contributed by atoms with Crippen LogP contribution >= 0.6 is 0 Å². The van der Waals surface area contributed by atoms with Crippen LogP contribution in [0.1, 0.15) is 82.4 Å². The maximum atomic E-state index is 14.0. The minimum atomic E-state index is -3.77. The van der Waals surface area contributed by atoms with Crippen molar-refractivity contribution in [1.29, 1.82) is 0 Å². The first kappa shape index (κ1) is 31.6. The van der Waals surface area contributed by atoms with E-state index in [1.807, 2.05) is 64.1 Å². The number of aryl methyl sites for hydroxylation is 1. The van der Waals surface area contributed by atoms with Gasteiger partial charge in [0.1, 0.15) is 12.6 Å². The second-order valence-corrected chi connectivity index (χ2v) is 16.0. The van der Waals surface area contributed by atoms with E-state index in [9.17, 15) is 18.0 Å². The predicted molar refractivity (Wildman–Crippen MR) is 172 cm³/mol. The second kappa shape index (κ2) is 12.6. The first-order valence-electron chi connectivity index (χ1n) is 16.1. The number of hydrogen-bond donors (Lipinski definition) is 1. The smallest absolute Gasteiger partial charge is 0.244 e. The quantitative estimate of drug-likeness (QED) is 0.330. The van der Waals surface area contributed by atoms with E-state index in [0.717, 1.165) is 35.1 Å². The fourth-order valence-corrected chi connectivity index (χ4v) is 9.26. The van der Waals surface area contributed by atoms with E-state index in [1.165, 1.54) is 48.4 Å². The molecule has 234 valence electrons. The van der Waals surface area contributed by atoms with Gasteiger partial charge in [0.15, 0.2) is 0 Å². The Morgan fingerprint density at radius 3 is 2.09 bits per heavy atom. The largest absolute Gasteiger partial charge is 0.354 e. The standard InChI is InChI=1S/C35H49N3O4S/c1-6-32(34(40)36-21-24(2)3)37(22-26-9-7-8-25(4)14-26)33(39)23-38(43(5,41)42)31-12-10-30(11-13-31)35-18-27-15-28(19-35)17-29(16-27)20-35/h7-14,24,27-29,32H,6,15-23H2,1-5H3,(H,36,40). The molecule has 4 aliphatic rings. The molecule has 7 nitrogen and oxygen atoms in total. The molecule has 4 fully saturated rings. The van der Waals surface area contributed by atoms with Crippen LogP contribution in [0.4, 0.5) is 5.69 Å². The SMILES string of the molecule is CCC(C(=O)NCC(C)C)N(Cc1cccc(C)c1)C(=O)CN(c1ccc(C23CC4CC(CC(C4)C2)C3)cc1)S(C)(=O)=O. The summed E-state index contributed by atoms with van der Waals surface area (Å²) in [5.41, 5.74) is 3.95. The lowest BCUT2D eigenvalue weighted by Crippen LogP contribution is -2.52. The van der Waals surface area contributed by atoms with E-state index in [2.05, 4.69) is 17.4 Å². The monoisotopic (exact) mass is 607 g/mol. The first-order valence-corrected chi connectivity index (χ1v) is 17.9. The van der Waals surface area contributed by atoms with Crippen LogP contribution in [-0.2, 0) is 31.6 Å². The Labute approximate surface area is 258 Å². The summed E-state index contributed by atoms with van der Waals surface area (Å²) in [6.45, 7) is 8.28. The molecule has 0 heterocycles. The summed E-state index contributed by atoms with van der Waals surface area (Å²) in [7, 11) is -3.77. The molecule has 0 aliphatic heterocycles. The average Bonchev–Trinajstić information content (AvgIpc) is 2.93. The number of benzene rings is 2. The number of carbonyl (C=O) groups excluding carboxylic acids is 2. The highest BCUT2D eigenvalue weighted by Gasteiger charge is 2.51. The summed E-state index contributed by atoms with van der Waals surface area (Å²) in [6.07, 6.45) is 9.37. The zero-order valence-electron chi connectivity index (χ0n) is 26.5. The molecule has 1 atom stereocenters. The number of nitrogens with zero attached hydrogens (tertiary/aromatic N) is 2. The molecule has 43 heavy (non-hydrogen) atoms. The molecule has 1 unspecified atom stereocenters. The number of anilines is 1. The molecule has 4 aliphatic carbocycles. The van der Waals surface area contributed by atoms with Crippen LogP contribution in [0, 0.1) is 30.6 Å². The van der Waals surface area contributed by atoms with E-state index < -0.39 is 22.0 Å². The highest BCUT2D eigenvalue weighted by atomic mass is 32.2. The van der Waals surface area contributed by atoms with Gasteiger partial charge in [-0.2, -0.15) is 0 Å². The van der Waals surface area contributed by atoms with Gasteiger partial charge in [0.05, 0.1) is 11.9 Å². The van der Waals surface area contributed by atoms with Crippen molar-refractivity contribution in [2.24, 2.45) is 23.7 Å². The average molecular weight is 608 g/mol. The van der Waals surface area contributed by atoms with Crippen molar-refractivity contribution in [2.45, 2.75) is 90.6 Å². The molecular formula is C35H49N3O4S. The molecule has 4 bridgehead atoms. The number of hydrogen-bond acceptors (Lipinski definition) is 4. The van der Waals surface area contributed by atoms with Crippen LogP contribution < -0.4 is 9.62 Å². The van der Waals surface area contributed by atoms with Crippen molar-refractivity contribution >= 4 is 27.5 Å². The highest BCUT2D eigenvalue weighted by Crippen LogP contribution is 2.60. The Morgan fingerprint density at radius 1 is 0.977 bits per heavy atom. The van der Waals surface area contributed by atoms with Gasteiger partial charge < -0.3 is 10.2 Å². The normalized spacial score (nSPS) is 25.0. The van der Waals surface area contributed by atoms with Gasteiger partial charge >= 0.3 is 0 Å². The Balaban J connectivity index is 1.40. The van der Waals surface area contributed by atoms with Gasteiger partial charge in [-0.3, -0.25) is 13.9 Å². The van der Waals surface area contributed by atoms with Gasteiger partial charge in [-0.05, 0) is 104 Å². The molecular weight excluding hydrogens is 558 g/mol. The topological polar surface area (TPSA) is 86.8 Å². The van der Waals surface area contributed by atoms with Crippen molar-refractivity contribution < 1.29 is 18.0 Å². The third kappa shape index (κ3) is 7.11. The number of carbonyl (C=O) groups is 2. The molecule has 2 aromatic carbocycles. The van der Waals surface area contributed by atoms with Gasteiger partial charge in [-0.15, -0.1) is 0 Å². The van der Waals surface area contributed by atoms with Crippen LogP contribution in [0.25, 0.3) is 0 Å². The summed E-state index contributed by atoms with van der Waals surface area (Å²) in [4.78, 5) is 28.9. The molecule has 0 aromatic heterocycles. The van der Waals surface area contributed by atoms with E-state index in [0.29, 0.717) is 18.7 Å². The Morgan fingerprint density at radius 2 is 1.58 bits per heavy atom. The second-order valence-electron chi connectivity index (χ2n) is 14.1. The lowest BCUT2D eigenvalue weighted by Gasteiger charge is -2.57. The van der Waals surface area contributed by atoms with Crippen LogP contribution in [-0.4, -0.2) is 50.5 Å². The van der Waals surface area contributed by atoms with E-state index >= 15 is 0 Å². The summed E-state index contributed by atoms with van der Waals surface area (Å²) in [5.74, 6) is 2.11. The minimum absolute atomic E-state index is 0.210. The zero-order chi connectivity index (χ0) is 30.9. The van der Waals surface area contributed by atoms with Crippen LogP contribution in [0.3, 0.4) is 0 Å². The summed E-state index contributed by atoms with van der Waals surface area (Å²) in [6, 6.07) is 15.1. The molecule has 0 radical (unpaired) electrons. The summed E-state index contributed by atoms with van der Waals surface area (Å²) in [5, 5.41) is 2.98. The number of amides is 2. The lowest BCUT2D eigenvalue weighted by atomic mass is 9.48. The number of rotatable bonds is 12.